The van der Waals surface area contributed by atoms with Gasteiger partial charge in [0, 0.05) is 12.1 Å². The van der Waals surface area contributed by atoms with Gasteiger partial charge in [0.05, 0.1) is 13.2 Å². The minimum Gasteiger partial charge on any atom is -0.491 e. The largest absolute Gasteiger partial charge is 0.491 e. The Balaban J connectivity index is 1.62. The van der Waals surface area contributed by atoms with Gasteiger partial charge < -0.3 is 20.1 Å². The quantitative estimate of drug-likeness (QED) is 0.640. The number of aliphatic hydroxyl groups is 1. The third-order valence-corrected chi connectivity index (χ3v) is 4.95. The molecule has 28 heavy (non-hydrogen) atoms. The van der Waals surface area contributed by atoms with Gasteiger partial charge in [-0.3, -0.25) is 14.9 Å². The van der Waals surface area contributed by atoms with Crippen molar-refractivity contribution in [2.75, 3.05) is 19.8 Å². The number of carbonyl (C=O) groups excluding carboxylic acids is 3. The van der Waals surface area contributed by atoms with Crippen molar-refractivity contribution < 1.29 is 24.2 Å². The number of benzene rings is 2. The number of hydrogen-bond acceptors (Lipinski definition) is 5. The fourth-order valence-electron chi connectivity index (χ4n) is 3.64. The van der Waals surface area contributed by atoms with E-state index < -0.39 is 17.5 Å². The molecule has 8 heteroatoms. The van der Waals surface area contributed by atoms with E-state index in [2.05, 4.69) is 10.6 Å². The fraction of sp³-hybridized carbons (Fsp3) is 0.250. The zero-order valence-electron chi connectivity index (χ0n) is 15.0. The van der Waals surface area contributed by atoms with E-state index in [1.165, 1.54) is 0 Å². The van der Waals surface area contributed by atoms with Gasteiger partial charge in [0.2, 0.25) is 0 Å². The number of hydrogen-bond donors (Lipinski definition) is 3. The molecule has 0 unspecified atom stereocenters. The Morgan fingerprint density at radius 3 is 2.57 bits per heavy atom. The number of fused-ring (bicyclic) bond motifs is 1. The SMILES string of the molecule is O=C1NC(=O)[C@](CN2Cc3cc(OCCO)ccc3C2=O)(c2ccccc2)N1. The lowest BCUT2D eigenvalue weighted by atomic mass is 9.89. The predicted molar refractivity (Wildman–Crippen MR) is 98.6 cm³/mol. The lowest BCUT2D eigenvalue weighted by Gasteiger charge is -2.31. The highest BCUT2D eigenvalue weighted by molar-refractivity contribution is 6.08. The summed E-state index contributed by atoms with van der Waals surface area (Å²) in [5, 5.41) is 13.9. The highest BCUT2D eigenvalue weighted by Crippen LogP contribution is 2.32. The zero-order valence-corrected chi connectivity index (χ0v) is 15.0. The summed E-state index contributed by atoms with van der Waals surface area (Å²) in [6.07, 6.45) is 0. The summed E-state index contributed by atoms with van der Waals surface area (Å²) in [6.45, 7) is 0.369. The molecule has 1 atom stereocenters. The second-order valence-electron chi connectivity index (χ2n) is 6.73. The van der Waals surface area contributed by atoms with Gasteiger partial charge in [0.1, 0.15) is 12.4 Å². The minimum atomic E-state index is -1.34. The van der Waals surface area contributed by atoms with Crippen LogP contribution in [0.3, 0.4) is 0 Å². The molecule has 1 saturated heterocycles. The number of imide groups is 1. The molecule has 2 heterocycles. The van der Waals surface area contributed by atoms with Crippen LogP contribution in [0.1, 0.15) is 21.5 Å². The molecule has 2 aliphatic heterocycles. The first-order valence-electron chi connectivity index (χ1n) is 8.88. The van der Waals surface area contributed by atoms with E-state index in [9.17, 15) is 14.4 Å². The fourth-order valence-corrected chi connectivity index (χ4v) is 3.64. The molecule has 1 fully saturated rings. The second kappa shape index (κ2) is 6.97. The van der Waals surface area contributed by atoms with Crippen molar-refractivity contribution in [2.24, 2.45) is 0 Å². The second-order valence-corrected chi connectivity index (χ2v) is 6.73. The molecule has 0 bridgehead atoms. The van der Waals surface area contributed by atoms with Crippen LogP contribution < -0.4 is 15.4 Å². The maximum Gasteiger partial charge on any atom is 0.322 e. The number of nitrogens with one attached hydrogen (secondary N) is 2. The zero-order chi connectivity index (χ0) is 19.7. The summed E-state index contributed by atoms with van der Waals surface area (Å²) >= 11 is 0. The standard InChI is InChI=1S/C20H19N3O5/c24-8-9-28-15-6-7-16-13(10-15)11-23(17(16)25)12-20(14-4-2-1-3-5-14)18(26)21-19(27)22-20/h1-7,10,24H,8-9,11-12H2,(H2,21,22,26,27)/t20-/m0/s1. The summed E-state index contributed by atoms with van der Waals surface area (Å²) in [5.74, 6) is -0.139. The molecule has 0 radical (unpaired) electrons. The van der Waals surface area contributed by atoms with Crippen LogP contribution in [-0.2, 0) is 16.9 Å². The summed E-state index contributed by atoms with van der Waals surface area (Å²) in [6, 6.07) is 13.4. The van der Waals surface area contributed by atoms with E-state index in [-0.39, 0.29) is 25.7 Å². The number of carbonyl (C=O) groups is 3. The average molecular weight is 381 g/mol. The topological polar surface area (TPSA) is 108 Å². The Labute approximate surface area is 161 Å². The first-order chi connectivity index (χ1) is 13.5. The van der Waals surface area contributed by atoms with Crippen molar-refractivity contribution in [3.63, 3.8) is 0 Å². The molecule has 2 aromatic carbocycles. The first-order valence-corrected chi connectivity index (χ1v) is 8.88. The van der Waals surface area contributed by atoms with E-state index in [1.54, 1.807) is 47.4 Å². The summed E-state index contributed by atoms with van der Waals surface area (Å²) in [7, 11) is 0. The number of urea groups is 1. The highest BCUT2D eigenvalue weighted by Gasteiger charge is 2.50. The van der Waals surface area contributed by atoms with Crippen LogP contribution in [0.2, 0.25) is 0 Å². The van der Waals surface area contributed by atoms with Crippen LogP contribution in [0.4, 0.5) is 4.79 Å². The van der Waals surface area contributed by atoms with Gasteiger partial charge >= 0.3 is 6.03 Å². The Hall–Kier alpha value is -3.39. The Bertz CT molecular complexity index is 946. The van der Waals surface area contributed by atoms with Crippen molar-refractivity contribution in [1.82, 2.24) is 15.5 Å². The van der Waals surface area contributed by atoms with Crippen molar-refractivity contribution in [1.29, 1.82) is 0 Å². The molecule has 2 aromatic rings. The van der Waals surface area contributed by atoms with Crippen LogP contribution in [0, 0.1) is 0 Å². The van der Waals surface area contributed by atoms with Gasteiger partial charge in [-0.15, -0.1) is 0 Å². The number of aliphatic hydroxyl groups excluding tert-OH is 1. The van der Waals surface area contributed by atoms with Gasteiger partial charge in [-0.2, -0.15) is 0 Å². The molecule has 8 nitrogen and oxygen atoms in total. The number of nitrogens with zero attached hydrogens (tertiary/aromatic N) is 1. The molecule has 0 spiro atoms. The van der Waals surface area contributed by atoms with Gasteiger partial charge in [-0.1, -0.05) is 30.3 Å². The lowest BCUT2D eigenvalue weighted by Crippen LogP contribution is -2.52. The molecule has 0 saturated carbocycles. The van der Waals surface area contributed by atoms with Crippen molar-refractivity contribution in [3.05, 3.63) is 65.2 Å². The van der Waals surface area contributed by atoms with Crippen LogP contribution in [0.15, 0.2) is 48.5 Å². The Kier molecular flexibility index (Phi) is 4.48. The predicted octanol–water partition coefficient (Wildman–Crippen LogP) is 0.748. The molecule has 4 amide bonds. The lowest BCUT2D eigenvalue weighted by molar-refractivity contribution is -0.124. The third kappa shape index (κ3) is 2.97. The average Bonchev–Trinajstić information content (AvgIpc) is 3.16. The number of amides is 4. The monoisotopic (exact) mass is 381 g/mol. The molecule has 3 N–H and O–H groups in total. The molecule has 144 valence electrons. The van der Waals surface area contributed by atoms with E-state index >= 15 is 0 Å². The van der Waals surface area contributed by atoms with E-state index in [0.29, 0.717) is 23.4 Å². The maximum atomic E-state index is 12.9. The van der Waals surface area contributed by atoms with Gasteiger partial charge in [0.15, 0.2) is 5.54 Å². The van der Waals surface area contributed by atoms with Crippen molar-refractivity contribution >= 4 is 17.8 Å². The summed E-state index contributed by atoms with van der Waals surface area (Å²) in [4.78, 5) is 39.0. The first kappa shape index (κ1) is 18.0. The Morgan fingerprint density at radius 1 is 1.11 bits per heavy atom. The minimum absolute atomic E-state index is 0.00886. The molecule has 4 rings (SSSR count). The molecular weight excluding hydrogens is 362 g/mol. The summed E-state index contributed by atoms with van der Waals surface area (Å²) < 4.78 is 5.40. The Morgan fingerprint density at radius 2 is 1.89 bits per heavy atom. The van der Waals surface area contributed by atoms with E-state index in [4.69, 9.17) is 9.84 Å². The van der Waals surface area contributed by atoms with Crippen LogP contribution in [0.25, 0.3) is 0 Å². The number of rotatable bonds is 6. The normalized spacial score (nSPS) is 20.8. The van der Waals surface area contributed by atoms with Crippen molar-refractivity contribution in [3.8, 4) is 5.75 Å². The molecule has 2 aliphatic rings. The van der Waals surface area contributed by atoms with Crippen molar-refractivity contribution in [2.45, 2.75) is 12.1 Å². The van der Waals surface area contributed by atoms with Crippen LogP contribution >= 0.6 is 0 Å². The van der Waals surface area contributed by atoms with Gasteiger partial charge in [0.25, 0.3) is 11.8 Å². The summed E-state index contributed by atoms with van der Waals surface area (Å²) in [5.41, 5.74) is 0.568. The molecular formula is C20H19N3O5. The highest BCUT2D eigenvalue weighted by atomic mass is 16.5. The molecule has 0 aromatic heterocycles. The maximum absolute atomic E-state index is 12.9. The third-order valence-electron chi connectivity index (χ3n) is 4.95. The molecule has 0 aliphatic carbocycles. The van der Waals surface area contributed by atoms with Gasteiger partial charge in [-0.05, 0) is 29.3 Å². The van der Waals surface area contributed by atoms with E-state index in [1.807, 2.05) is 6.07 Å². The number of ether oxygens (including phenoxy) is 1. The van der Waals surface area contributed by atoms with Gasteiger partial charge in [-0.25, -0.2) is 4.79 Å². The smallest absolute Gasteiger partial charge is 0.322 e. The van der Waals surface area contributed by atoms with Crippen LogP contribution in [-0.4, -0.2) is 47.6 Å². The van der Waals surface area contributed by atoms with E-state index in [0.717, 1.165) is 5.56 Å². The van der Waals surface area contributed by atoms with Crippen LogP contribution in [0.5, 0.6) is 5.75 Å².